The van der Waals surface area contributed by atoms with Crippen molar-refractivity contribution in [2.45, 2.75) is 57.5 Å². The zero-order valence-electron chi connectivity index (χ0n) is 22.5. The Morgan fingerprint density at radius 3 is 2.50 bits per heavy atom. The summed E-state index contributed by atoms with van der Waals surface area (Å²) in [4.78, 5) is 40.0. The van der Waals surface area contributed by atoms with E-state index in [1.807, 2.05) is 30.2 Å². The van der Waals surface area contributed by atoms with E-state index in [0.717, 1.165) is 66.2 Å². The normalized spacial score (nSPS) is 22.4. The quantitative estimate of drug-likeness (QED) is 0.374. The molecule has 3 fully saturated rings. The molecule has 0 saturated carbocycles. The number of nitrogens with zero attached hydrogens (tertiary/aromatic N) is 8. The van der Waals surface area contributed by atoms with Crippen LogP contribution in [0.1, 0.15) is 60.1 Å². The fourth-order valence-electron chi connectivity index (χ4n) is 6.55. The summed E-state index contributed by atoms with van der Waals surface area (Å²) in [5, 5.41) is 8.83. The molecule has 3 saturated heterocycles. The minimum absolute atomic E-state index is 0.0343. The Kier molecular flexibility index (Phi) is 6.02. The molecule has 11 nitrogen and oxygen atoms in total. The number of anilines is 1. The molecule has 0 aromatic carbocycles. The molecule has 4 aromatic heterocycles. The van der Waals surface area contributed by atoms with Gasteiger partial charge in [-0.15, -0.1) is 11.8 Å². The summed E-state index contributed by atoms with van der Waals surface area (Å²) in [6.07, 6.45) is 10.7. The molecule has 0 radical (unpaired) electrons. The first kappa shape index (κ1) is 25.1. The maximum atomic E-state index is 13.3. The molecule has 0 aliphatic carbocycles. The zero-order valence-corrected chi connectivity index (χ0v) is 23.3. The number of aryl methyl sites for hydroxylation is 1. The molecular weight excluding hydrogens is 526 g/mol. The average Bonchev–Trinajstić information content (AvgIpc) is 3.75. The van der Waals surface area contributed by atoms with E-state index in [4.69, 9.17) is 10.7 Å². The lowest BCUT2D eigenvalue weighted by Crippen LogP contribution is -2.51. The molecule has 3 aliphatic heterocycles. The highest BCUT2D eigenvalue weighted by atomic mass is 32.2. The molecule has 12 heteroatoms. The predicted molar refractivity (Wildman–Crippen MR) is 153 cm³/mol. The fraction of sp³-hybridized carbons (Fsp3) is 0.429. The van der Waals surface area contributed by atoms with Gasteiger partial charge in [-0.2, -0.15) is 14.7 Å². The second-order valence-corrected chi connectivity index (χ2v) is 12.1. The number of rotatable bonds is 4. The van der Waals surface area contributed by atoms with Crippen molar-refractivity contribution < 1.29 is 9.59 Å². The van der Waals surface area contributed by atoms with Crippen LogP contribution in [0.2, 0.25) is 0 Å². The lowest BCUT2D eigenvalue weighted by Gasteiger charge is -2.40. The number of amides is 2. The van der Waals surface area contributed by atoms with Gasteiger partial charge < -0.3 is 15.5 Å². The number of nitrogens with two attached hydrogens (primary N) is 1. The second-order valence-electron chi connectivity index (χ2n) is 11.0. The molecule has 3 aliphatic rings. The van der Waals surface area contributed by atoms with Crippen molar-refractivity contribution in [2.75, 3.05) is 23.9 Å². The van der Waals surface area contributed by atoms with Gasteiger partial charge >= 0.3 is 6.03 Å². The van der Waals surface area contributed by atoms with Crippen molar-refractivity contribution in [1.29, 1.82) is 0 Å². The second kappa shape index (κ2) is 9.61. The summed E-state index contributed by atoms with van der Waals surface area (Å²) in [6.45, 7) is 4.33. The Hall–Kier alpha value is -3.93. The van der Waals surface area contributed by atoms with Gasteiger partial charge in [0.2, 0.25) is 0 Å². The monoisotopic (exact) mass is 557 g/mol. The highest BCUT2D eigenvalue weighted by Gasteiger charge is 2.46. The number of carbonyl (C=O) groups is 2. The first-order chi connectivity index (χ1) is 19.4. The van der Waals surface area contributed by atoms with Crippen molar-refractivity contribution in [3.05, 3.63) is 53.7 Å². The van der Waals surface area contributed by atoms with E-state index in [-0.39, 0.29) is 29.8 Å². The maximum absolute atomic E-state index is 13.3. The number of fused-ring (bicyclic) bond motifs is 3. The SMILES string of the molecule is CC(=O)c1c(C2C[C@H]3CC[C@@H](C2)N3C(=O)N2CCSC2)nc2c(-c3ccc(-n4cc(C)cn4)nc3)cnn2c1N. The van der Waals surface area contributed by atoms with Gasteiger partial charge in [-0.1, -0.05) is 0 Å². The molecule has 2 amide bonds. The summed E-state index contributed by atoms with van der Waals surface area (Å²) in [7, 11) is 0. The highest BCUT2D eigenvalue weighted by Crippen LogP contribution is 2.45. The fourth-order valence-corrected chi connectivity index (χ4v) is 7.49. The number of aromatic nitrogens is 6. The maximum Gasteiger partial charge on any atom is 0.321 e. The summed E-state index contributed by atoms with van der Waals surface area (Å²) in [5.74, 6) is 2.69. The number of piperidine rings is 1. The van der Waals surface area contributed by atoms with Crippen LogP contribution in [0.3, 0.4) is 0 Å². The van der Waals surface area contributed by atoms with Crippen molar-refractivity contribution in [2.24, 2.45) is 0 Å². The Morgan fingerprint density at radius 1 is 1.07 bits per heavy atom. The predicted octanol–water partition coefficient (Wildman–Crippen LogP) is 3.91. The Bertz CT molecular complexity index is 1610. The van der Waals surface area contributed by atoms with Crippen LogP contribution in [0.25, 0.3) is 22.6 Å². The van der Waals surface area contributed by atoms with E-state index in [2.05, 4.69) is 20.1 Å². The van der Waals surface area contributed by atoms with Gasteiger partial charge in [0.15, 0.2) is 17.2 Å². The first-order valence-electron chi connectivity index (χ1n) is 13.7. The number of hydrogen-bond acceptors (Lipinski definition) is 8. The third-order valence-electron chi connectivity index (χ3n) is 8.43. The molecule has 2 bridgehead atoms. The summed E-state index contributed by atoms with van der Waals surface area (Å²) in [5.41, 5.74) is 11.1. The number of pyridine rings is 1. The van der Waals surface area contributed by atoms with Gasteiger partial charge in [-0.05, 0) is 57.2 Å². The van der Waals surface area contributed by atoms with Crippen molar-refractivity contribution in [1.82, 2.24) is 39.2 Å². The Morgan fingerprint density at radius 2 is 1.88 bits per heavy atom. The standard InChI is InChI=1S/C28H31N9O2S/c1-16-11-31-35(14-16)23-6-3-18(12-30-23)22-13-32-37-26(29)24(17(2)38)25(33-27(22)37)19-9-20-4-5-21(10-19)36(20)28(39)34-7-8-40-15-34/h3,6,11-14,19-21H,4-5,7-10,15,29H2,1-2H3/t19?,20-,21+. The van der Waals surface area contributed by atoms with E-state index >= 15 is 0 Å². The van der Waals surface area contributed by atoms with Crippen LogP contribution in [0.4, 0.5) is 10.6 Å². The van der Waals surface area contributed by atoms with E-state index < -0.39 is 0 Å². The van der Waals surface area contributed by atoms with Crippen LogP contribution in [-0.4, -0.2) is 81.2 Å². The molecule has 4 aromatic rings. The summed E-state index contributed by atoms with van der Waals surface area (Å²) in [6, 6.07) is 4.32. The molecule has 40 heavy (non-hydrogen) atoms. The molecule has 1 unspecified atom stereocenters. The average molecular weight is 558 g/mol. The number of ketones is 1. The van der Waals surface area contributed by atoms with Crippen LogP contribution in [0, 0.1) is 6.92 Å². The minimum atomic E-state index is -0.126. The number of Topliss-reactive ketones (excluding diaryl/α,β-unsaturated/α-hetero) is 1. The number of thioether (sulfide) groups is 1. The van der Waals surface area contributed by atoms with Crippen LogP contribution in [0.15, 0.2) is 36.9 Å². The lowest BCUT2D eigenvalue weighted by molar-refractivity contribution is 0.100. The third kappa shape index (κ3) is 4.04. The van der Waals surface area contributed by atoms with Gasteiger partial charge in [0.05, 0.1) is 29.5 Å². The minimum Gasteiger partial charge on any atom is -0.383 e. The van der Waals surface area contributed by atoms with Crippen molar-refractivity contribution in [3.8, 4) is 16.9 Å². The van der Waals surface area contributed by atoms with Gasteiger partial charge in [0, 0.05) is 53.8 Å². The van der Waals surface area contributed by atoms with Gasteiger partial charge in [0.1, 0.15) is 5.82 Å². The lowest BCUT2D eigenvalue weighted by atomic mass is 9.85. The van der Waals surface area contributed by atoms with E-state index in [1.54, 1.807) is 39.5 Å². The van der Waals surface area contributed by atoms with E-state index in [1.165, 1.54) is 6.92 Å². The van der Waals surface area contributed by atoms with Crippen LogP contribution in [0.5, 0.6) is 0 Å². The van der Waals surface area contributed by atoms with Crippen LogP contribution >= 0.6 is 11.8 Å². The molecule has 7 rings (SSSR count). The smallest absolute Gasteiger partial charge is 0.321 e. The molecule has 3 atom stereocenters. The molecular formula is C28H31N9O2S. The summed E-state index contributed by atoms with van der Waals surface area (Å²) >= 11 is 1.80. The van der Waals surface area contributed by atoms with E-state index in [0.29, 0.717) is 22.8 Å². The number of hydrogen-bond donors (Lipinski definition) is 1. The number of nitrogen functional groups attached to an aromatic ring is 1. The van der Waals surface area contributed by atoms with Crippen LogP contribution < -0.4 is 5.73 Å². The first-order valence-corrected chi connectivity index (χ1v) is 14.9. The molecule has 206 valence electrons. The number of carbonyl (C=O) groups excluding carboxylic acids is 2. The van der Waals surface area contributed by atoms with Crippen molar-refractivity contribution in [3.63, 3.8) is 0 Å². The van der Waals surface area contributed by atoms with Crippen LogP contribution in [-0.2, 0) is 0 Å². The largest absolute Gasteiger partial charge is 0.383 e. The molecule has 7 heterocycles. The van der Waals surface area contributed by atoms with Gasteiger partial charge in [0.25, 0.3) is 0 Å². The topological polar surface area (TPSA) is 128 Å². The zero-order chi connectivity index (χ0) is 27.5. The van der Waals surface area contributed by atoms with Gasteiger partial charge in [-0.25, -0.2) is 19.4 Å². The van der Waals surface area contributed by atoms with Gasteiger partial charge in [-0.3, -0.25) is 4.79 Å². The molecule has 0 spiro atoms. The summed E-state index contributed by atoms with van der Waals surface area (Å²) < 4.78 is 3.29. The van der Waals surface area contributed by atoms with E-state index in [9.17, 15) is 9.59 Å². The highest BCUT2D eigenvalue weighted by molar-refractivity contribution is 7.99. The third-order valence-corrected chi connectivity index (χ3v) is 9.40. The number of urea groups is 1. The Balaban J connectivity index is 1.24. The Labute approximate surface area is 235 Å². The molecule has 2 N–H and O–H groups in total. The van der Waals surface area contributed by atoms with Crippen molar-refractivity contribution >= 4 is 35.0 Å².